The number of halogens is 2. The largest absolute Gasteiger partial charge is 0.263 e. The second kappa shape index (κ2) is 6.33. The van der Waals surface area contributed by atoms with E-state index in [4.69, 9.17) is 11.6 Å². The summed E-state index contributed by atoms with van der Waals surface area (Å²) in [7, 11) is 0. The average molecular weight is 341 g/mol. The maximum absolute atomic E-state index is 15.1. The third-order valence-corrected chi connectivity index (χ3v) is 4.21. The smallest absolute Gasteiger partial charge is 0.141 e. The highest BCUT2D eigenvalue weighted by atomic mass is 35.5. The fourth-order valence-corrected chi connectivity index (χ4v) is 2.76. The summed E-state index contributed by atoms with van der Waals surface area (Å²) in [6, 6.07) is 10.9. The molecule has 0 saturated carbocycles. The summed E-state index contributed by atoms with van der Waals surface area (Å²) in [6.45, 7) is 6.23. The molecule has 2 nitrogen and oxygen atoms in total. The zero-order valence-electron chi connectivity index (χ0n) is 13.8. The van der Waals surface area contributed by atoms with E-state index in [1.54, 1.807) is 24.4 Å². The van der Waals surface area contributed by atoms with E-state index in [0.29, 0.717) is 21.7 Å². The van der Waals surface area contributed by atoms with Gasteiger partial charge in [0.25, 0.3) is 0 Å². The Morgan fingerprint density at radius 2 is 1.67 bits per heavy atom. The first kappa shape index (κ1) is 16.6. The Bertz CT molecular complexity index is 885. The van der Waals surface area contributed by atoms with Gasteiger partial charge in [-0.05, 0) is 23.8 Å². The van der Waals surface area contributed by atoms with Crippen molar-refractivity contribution in [1.29, 1.82) is 0 Å². The second-order valence-electron chi connectivity index (χ2n) is 6.71. The molecule has 0 fully saturated rings. The first-order chi connectivity index (χ1) is 11.4. The molecule has 24 heavy (non-hydrogen) atoms. The Morgan fingerprint density at radius 1 is 0.958 bits per heavy atom. The summed E-state index contributed by atoms with van der Waals surface area (Å²) in [4.78, 5) is 8.61. The second-order valence-corrected chi connectivity index (χ2v) is 7.12. The number of rotatable bonds is 2. The molecule has 122 valence electrons. The fourth-order valence-electron chi connectivity index (χ4n) is 2.52. The lowest BCUT2D eigenvalue weighted by molar-refractivity contribution is 0.569. The normalized spacial score (nSPS) is 11.5. The molecule has 0 N–H and O–H groups in total. The highest BCUT2D eigenvalue weighted by molar-refractivity contribution is 6.33. The predicted molar refractivity (Wildman–Crippen MR) is 96.6 cm³/mol. The van der Waals surface area contributed by atoms with Crippen LogP contribution in [-0.2, 0) is 5.41 Å². The highest BCUT2D eigenvalue weighted by Gasteiger charge is 2.18. The van der Waals surface area contributed by atoms with Gasteiger partial charge in [0.1, 0.15) is 5.82 Å². The molecule has 1 aromatic carbocycles. The molecule has 0 bridgehead atoms. The summed E-state index contributed by atoms with van der Waals surface area (Å²) < 4.78 is 15.1. The topological polar surface area (TPSA) is 25.8 Å². The molecule has 3 aromatic rings. The van der Waals surface area contributed by atoms with Gasteiger partial charge in [0.15, 0.2) is 0 Å². The summed E-state index contributed by atoms with van der Waals surface area (Å²) in [5.74, 6) is -0.329. The maximum atomic E-state index is 15.1. The van der Waals surface area contributed by atoms with Crippen LogP contribution in [0.5, 0.6) is 0 Å². The molecular weight excluding hydrogens is 323 g/mol. The van der Waals surface area contributed by atoms with Crippen molar-refractivity contribution in [2.75, 3.05) is 0 Å². The summed E-state index contributed by atoms with van der Waals surface area (Å²) in [5, 5.41) is 0.500. The molecule has 0 spiro atoms. The summed E-state index contributed by atoms with van der Waals surface area (Å²) in [6.07, 6.45) is 4.75. The van der Waals surface area contributed by atoms with E-state index in [0.717, 1.165) is 11.3 Å². The van der Waals surface area contributed by atoms with Crippen molar-refractivity contribution in [1.82, 2.24) is 9.97 Å². The number of nitrogens with zero attached hydrogens (tertiary/aromatic N) is 2. The minimum absolute atomic E-state index is 0.111. The van der Waals surface area contributed by atoms with Gasteiger partial charge in [-0.3, -0.25) is 9.97 Å². The molecule has 2 heterocycles. The van der Waals surface area contributed by atoms with Crippen LogP contribution in [0.15, 0.2) is 55.0 Å². The Hall–Kier alpha value is -2.26. The van der Waals surface area contributed by atoms with Gasteiger partial charge in [-0.25, -0.2) is 4.39 Å². The number of hydrogen-bond acceptors (Lipinski definition) is 2. The van der Waals surface area contributed by atoms with Gasteiger partial charge in [0.05, 0.1) is 0 Å². The fraction of sp³-hybridized carbons (Fsp3) is 0.200. The third kappa shape index (κ3) is 3.17. The van der Waals surface area contributed by atoms with Gasteiger partial charge in [-0.1, -0.05) is 50.6 Å². The van der Waals surface area contributed by atoms with Crippen molar-refractivity contribution >= 4 is 11.6 Å². The lowest BCUT2D eigenvalue weighted by Gasteiger charge is -2.18. The Labute approximate surface area is 146 Å². The molecule has 0 amide bonds. The first-order valence-corrected chi connectivity index (χ1v) is 8.11. The van der Waals surface area contributed by atoms with Crippen molar-refractivity contribution < 1.29 is 4.39 Å². The lowest BCUT2D eigenvalue weighted by atomic mass is 9.90. The van der Waals surface area contributed by atoms with Crippen molar-refractivity contribution in [3.05, 3.63) is 71.5 Å². The van der Waals surface area contributed by atoms with E-state index in [1.165, 1.54) is 12.4 Å². The van der Waals surface area contributed by atoms with E-state index < -0.39 is 0 Å². The van der Waals surface area contributed by atoms with Crippen molar-refractivity contribution in [2.45, 2.75) is 26.2 Å². The van der Waals surface area contributed by atoms with Crippen LogP contribution in [0.25, 0.3) is 22.3 Å². The maximum Gasteiger partial charge on any atom is 0.141 e. The van der Waals surface area contributed by atoms with Gasteiger partial charge >= 0.3 is 0 Å². The molecule has 0 atom stereocenters. The standard InChI is InChI=1S/C20H18ClFN2/c1-20(2,3)18-10-13(8-9-24-18)15-11-23-12-16(19(15)22)14-6-4-5-7-17(14)21/h4-12H,1-3H3. The number of hydrogen-bond donors (Lipinski definition) is 0. The molecule has 2 aromatic heterocycles. The van der Waals surface area contributed by atoms with Gasteiger partial charge in [-0.15, -0.1) is 0 Å². The number of aromatic nitrogens is 2. The minimum Gasteiger partial charge on any atom is -0.263 e. The molecular formula is C20H18ClFN2. The Balaban J connectivity index is 2.15. The SMILES string of the molecule is CC(C)(C)c1cc(-c2cncc(-c3ccccc3Cl)c2F)ccn1. The van der Waals surface area contributed by atoms with E-state index in [2.05, 4.69) is 30.7 Å². The van der Waals surface area contributed by atoms with Crippen LogP contribution in [0.2, 0.25) is 5.02 Å². The summed E-state index contributed by atoms with van der Waals surface area (Å²) >= 11 is 6.21. The molecule has 0 unspecified atom stereocenters. The highest BCUT2D eigenvalue weighted by Crippen LogP contribution is 2.34. The van der Waals surface area contributed by atoms with E-state index >= 15 is 4.39 Å². The zero-order valence-corrected chi connectivity index (χ0v) is 14.6. The van der Waals surface area contributed by atoms with E-state index in [-0.39, 0.29) is 11.2 Å². The minimum atomic E-state index is -0.329. The van der Waals surface area contributed by atoms with Crippen LogP contribution in [-0.4, -0.2) is 9.97 Å². The molecule has 3 rings (SSSR count). The molecule has 0 aliphatic heterocycles. The van der Waals surface area contributed by atoms with Gasteiger partial charge < -0.3 is 0 Å². The van der Waals surface area contributed by atoms with Crippen LogP contribution in [0.1, 0.15) is 26.5 Å². The monoisotopic (exact) mass is 340 g/mol. The van der Waals surface area contributed by atoms with Crippen LogP contribution in [0.4, 0.5) is 4.39 Å². The number of benzene rings is 1. The summed E-state index contributed by atoms with van der Waals surface area (Å²) in [5.41, 5.74) is 3.03. The average Bonchev–Trinajstić information content (AvgIpc) is 2.55. The van der Waals surface area contributed by atoms with E-state index in [1.807, 2.05) is 18.2 Å². The van der Waals surface area contributed by atoms with Crippen LogP contribution >= 0.6 is 11.6 Å². The molecule has 0 aliphatic rings. The van der Waals surface area contributed by atoms with Crippen molar-refractivity contribution in [2.24, 2.45) is 0 Å². The van der Waals surface area contributed by atoms with Gasteiger partial charge in [-0.2, -0.15) is 0 Å². The predicted octanol–water partition coefficient (Wildman–Crippen LogP) is 5.90. The molecule has 4 heteroatoms. The van der Waals surface area contributed by atoms with Crippen LogP contribution < -0.4 is 0 Å². The first-order valence-electron chi connectivity index (χ1n) is 7.73. The van der Waals surface area contributed by atoms with Crippen LogP contribution in [0, 0.1) is 5.82 Å². The van der Waals surface area contributed by atoms with Gasteiger partial charge in [0.2, 0.25) is 0 Å². The van der Waals surface area contributed by atoms with Gasteiger partial charge in [0, 0.05) is 51.4 Å². The molecule has 0 aliphatic carbocycles. The quantitative estimate of drug-likeness (QED) is 0.580. The Morgan fingerprint density at radius 3 is 2.38 bits per heavy atom. The molecule has 0 saturated heterocycles. The van der Waals surface area contributed by atoms with Crippen LogP contribution in [0.3, 0.4) is 0 Å². The van der Waals surface area contributed by atoms with Crippen molar-refractivity contribution in [3.63, 3.8) is 0 Å². The number of pyridine rings is 2. The lowest BCUT2D eigenvalue weighted by Crippen LogP contribution is -2.13. The third-order valence-electron chi connectivity index (χ3n) is 3.88. The molecule has 0 radical (unpaired) electrons. The zero-order chi connectivity index (χ0) is 17.3. The van der Waals surface area contributed by atoms with Crippen molar-refractivity contribution in [3.8, 4) is 22.3 Å². The Kier molecular flexibility index (Phi) is 4.37. The van der Waals surface area contributed by atoms with E-state index in [9.17, 15) is 0 Å².